The Kier molecular flexibility index (Phi) is 4.22. The van der Waals surface area contributed by atoms with Crippen molar-refractivity contribution in [1.29, 1.82) is 0 Å². The molecular formula is C13H14FN3O2. The van der Waals surface area contributed by atoms with Gasteiger partial charge in [0.15, 0.2) is 0 Å². The van der Waals surface area contributed by atoms with Crippen LogP contribution >= 0.6 is 0 Å². The van der Waals surface area contributed by atoms with E-state index in [2.05, 4.69) is 15.8 Å². The Bertz CT molecular complexity index is 528. The second kappa shape index (κ2) is 6.08. The highest BCUT2D eigenvalue weighted by Gasteiger charge is 2.17. The lowest BCUT2D eigenvalue weighted by atomic mass is 10.1. The van der Waals surface area contributed by atoms with Crippen molar-refractivity contribution in [1.82, 2.24) is 10.7 Å². The van der Waals surface area contributed by atoms with Gasteiger partial charge < -0.3 is 5.32 Å². The lowest BCUT2D eigenvalue weighted by Gasteiger charge is -2.12. The molecule has 0 saturated heterocycles. The Morgan fingerprint density at radius 3 is 2.84 bits per heavy atom. The molecule has 1 aromatic carbocycles. The number of rotatable bonds is 4. The van der Waals surface area contributed by atoms with Gasteiger partial charge in [-0.15, -0.1) is 0 Å². The van der Waals surface area contributed by atoms with E-state index in [0.717, 1.165) is 0 Å². The van der Waals surface area contributed by atoms with Crippen molar-refractivity contribution in [3.05, 3.63) is 35.6 Å². The van der Waals surface area contributed by atoms with Crippen LogP contribution in [-0.2, 0) is 16.0 Å². The summed E-state index contributed by atoms with van der Waals surface area (Å²) in [6.45, 7) is 0.326. The second-order valence-electron chi connectivity index (χ2n) is 4.19. The molecule has 0 fully saturated rings. The van der Waals surface area contributed by atoms with Crippen LogP contribution in [0.15, 0.2) is 29.4 Å². The van der Waals surface area contributed by atoms with Gasteiger partial charge in [-0.3, -0.25) is 9.59 Å². The average molecular weight is 263 g/mol. The first-order valence-electron chi connectivity index (χ1n) is 6.04. The van der Waals surface area contributed by atoms with Gasteiger partial charge in [0.1, 0.15) is 11.5 Å². The van der Waals surface area contributed by atoms with Crippen LogP contribution in [0.5, 0.6) is 0 Å². The van der Waals surface area contributed by atoms with Gasteiger partial charge in [-0.1, -0.05) is 18.2 Å². The Hall–Kier alpha value is -2.24. The summed E-state index contributed by atoms with van der Waals surface area (Å²) < 4.78 is 13.3. The normalized spacial score (nSPS) is 14.6. The van der Waals surface area contributed by atoms with Crippen LogP contribution in [-0.4, -0.2) is 24.1 Å². The zero-order chi connectivity index (χ0) is 13.7. The van der Waals surface area contributed by atoms with Crippen molar-refractivity contribution in [3.63, 3.8) is 0 Å². The zero-order valence-electron chi connectivity index (χ0n) is 10.3. The number of carbonyl (C=O) groups excluding carboxylic acids is 2. The number of amides is 2. The predicted octanol–water partition coefficient (Wildman–Crippen LogP) is 0.750. The van der Waals surface area contributed by atoms with Crippen LogP contribution in [0.1, 0.15) is 18.4 Å². The smallest absolute Gasteiger partial charge is 0.267 e. The number of nitrogens with zero attached hydrogens (tertiary/aromatic N) is 1. The maximum absolute atomic E-state index is 13.3. The Balaban J connectivity index is 1.81. The summed E-state index contributed by atoms with van der Waals surface area (Å²) in [6, 6.07) is 6.44. The van der Waals surface area contributed by atoms with E-state index in [1.54, 1.807) is 18.2 Å². The number of hydrazone groups is 1. The Morgan fingerprint density at radius 2 is 2.16 bits per heavy atom. The van der Waals surface area contributed by atoms with E-state index >= 15 is 0 Å². The Morgan fingerprint density at radius 1 is 1.37 bits per heavy atom. The molecular weight excluding hydrogens is 249 g/mol. The fourth-order valence-electron chi connectivity index (χ4n) is 1.75. The van der Waals surface area contributed by atoms with Crippen LogP contribution in [0.3, 0.4) is 0 Å². The zero-order valence-corrected chi connectivity index (χ0v) is 10.3. The maximum Gasteiger partial charge on any atom is 0.267 e. The van der Waals surface area contributed by atoms with Gasteiger partial charge >= 0.3 is 0 Å². The third kappa shape index (κ3) is 3.61. The van der Waals surface area contributed by atoms with Gasteiger partial charge in [0.25, 0.3) is 5.91 Å². The van der Waals surface area contributed by atoms with Crippen molar-refractivity contribution in [2.24, 2.45) is 5.10 Å². The third-order valence-corrected chi connectivity index (χ3v) is 2.80. The molecule has 0 aromatic heterocycles. The minimum Gasteiger partial charge on any atom is -0.351 e. The fraction of sp³-hybridized carbons (Fsp3) is 0.308. The van der Waals surface area contributed by atoms with Gasteiger partial charge in [0.2, 0.25) is 5.91 Å². The first-order chi connectivity index (χ1) is 9.16. The van der Waals surface area contributed by atoms with E-state index in [4.69, 9.17) is 0 Å². The molecule has 0 radical (unpaired) electrons. The summed E-state index contributed by atoms with van der Waals surface area (Å²) in [5, 5.41) is 6.34. The molecule has 0 spiro atoms. The minimum absolute atomic E-state index is 0.192. The summed E-state index contributed by atoms with van der Waals surface area (Å²) in [5.41, 5.74) is 3.11. The highest BCUT2D eigenvalue weighted by Crippen LogP contribution is 2.06. The van der Waals surface area contributed by atoms with Crippen LogP contribution in [0.4, 0.5) is 4.39 Å². The molecule has 5 nitrogen and oxygen atoms in total. The molecule has 0 unspecified atom stereocenters. The lowest BCUT2D eigenvalue weighted by Crippen LogP contribution is -2.37. The van der Waals surface area contributed by atoms with Gasteiger partial charge in [-0.25, -0.2) is 9.82 Å². The summed E-state index contributed by atoms with van der Waals surface area (Å²) in [6.07, 6.45) is 1.01. The monoisotopic (exact) mass is 263 g/mol. The molecule has 2 amide bonds. The fourth-order valence-corrected chi connectivity index (χ4v) is 1.75. The molecule has 1 aliphatic rings. The molecule has 1 aromatic rings. The molecule has 1 heterocycles. The highest BCUT2D eigenvalue weighted by atomic mass is 19.1. The number of halogens is 1. The highest BCUT2D eigenvalue weighted by molar-refractivity contribution is 6.39. The van der Waals surface area contributed by atoms with Crippen LogP contribution in [0.25, 0.3) is 0 Å². The number of nitrogens with one attached hydrogen (secondary N) is 2. The molecule has 0 aliphatic carbocycles. The molecule has 0 bridgehead atoms. The molecule has 2 N–H and O–H groups in total. The van der Waals surface area contributed by atoms with E-state index in [0.29, 0.717) is 30.7 Å². The van der Waals surface area contributed by atoms with Gasteiger partial charge in [-0.2, -0.15) is 5.10 Å². The largest absolute Gasteiger partial charge is 0.351 e. The quantitative estimate of drug-likeness (QED) is 0.841. The predicted molar refractivity (Wildman–Crippen MR) is 67.9 cm³/mol. The van der Waals surface area contributed by atoms with Crippen LogP contribution < -0.4 is 10.7 Å². The SMILES string of the molecule is O=C1CCC(C(=O)NCCc2ccccc2F)=NN1. The van der Waals surface area contributed by atoms with E-state index in [9.17, 15) is 14.0 Å². The summed E-state index contributed by atoms with van der Waals surface area (Å²) in [4.78, 5) is 22.6. The lowest BCUT2D eigenvalue weighted by molar-refractivity contribution is -0.121. The van der Waals surface area contributed by atoms with Crippen molar-refractivity contribution in [3.8, 4) is 0 Å². The van der Waals surface area contributed by atoms with E-state index in [-0.39, 0.29) is 24.1 Å². The van der Waals surface area contributed by atoms with Gasteiger partial charge in [0.05, 0.1) is 0 Å². The van der Waals surface area contributed by atoms with Crippen LogP contribution in [0, 0.1) is 5.82 Å². The standard InChI is InChI=1S/C13H14FN3O2/c14-10-4-2-1-3-9(10)7-8-15-13(19)11-5-6-12(18)17-16-11/h1-4H,5-8H2,(H,15,19)(H,17,18). The molecule has 100 valence electrons. The molecule has 6 heteroatoms. The molecule has 2 rings (SSSR count). The van der Waals surface area contributed by atoms with E-state index < -0.39 is 0 Å². The topological polar surface area (TPSA) is 70.6 Å². The maximum atomic E-state index is 13.3. The second-order valence-corrected chi connectivity index (χ2v) is 4.19. The molecule has 0 atom stereocenters. The van der Waals surface area contributed by atoms with E-state index in [1.807, 2.05) is 0 Å². The summed E-state index contributed by atoms with van der Waals surface area (Å²) in [7, 11) is 0. The average Bonchev–Trinajstić information content (AvgIpc) is 2.41. The van der Waals surface area contributed by atoms with Crippen molar-refractivity contribution < 1.29 is 14.0 Å². The molecule has 0 saturated carbocycles. The number of carbonyl (C=O) groups is 2. The number of hydrogen-bond donors (Lipinski definition) is 2. The third-order valence-electron chi connectivity index (χ3n) is 2.80. The Labute approximate surface area is 109 Å². The molecule has 19 heavy (non-hydrogen) atoms. The van der Waals surface area contributed by atoms with E-state index in [1.165, 1.54) is 6.07 Å². The summed E-state index contributed by atoms with van der Waals surface area (Å²) >= 11 is 0. The first-order valence-corrected chi connectivity index (χ1v) is 6.04. The number of benzene rings is 1. The molecule has 1 aliphatic heterocycles. The first kappa shape index (κ1) is 13.2. The van der Waals surface area contributed by atoms with Crippen molar-refractivity contribution in [2.75, 3.05) is 6.54 Å². The summed E-state index contributed by atoms with van der Waals surface area (Å²) in [5.74, 6) is -0.793. The van der Waals surface area contributed by atoms with Gasteiger partial charge in [0, 0.05) is 19.4 Å². The number of hydrogen-bond acceptors (Lipinski definition) is 3. The van der Waals surface area contributed by atoms with Crippen LogP contribution in [0.2, 0.25) is 0 Å². The minimum atomic E-state index is -0.323. The van der Waals surface area contributed by atoms with Gasteiger partial charge in [-0.05, 0) is 18.1 Å². The van der Waals surface area contributed by atoms with Crippen molar-refractivity contribution in [2.45, 2.75) is 19.3 Å². The van der Waals surface area contributed by atoms with Crippen molar-refractivity contribution >= 4 is 17.5 Å².